The molecule has 158 valence electrons. The minimum atomic E-state index is -0.388. The van der Waals surface area contributed by atoms with Crippen LogP contribution in [0, 0.1) is 6.92 Å². The van der Waals surface area contributed by atoms with Crippen LogP contribution in [0.1, 0.15) is 18.4 Å². The molecular weight excluding hydrogens is 406 g/mol. The van der Waals surface area contributed by atoms with Crippen LogP contribution < -0.4 is 15.4 Å². The Morgan fingerprint density at radius 3 is 2.33 bits per heavy atom. The van der Waals surface area contributed by atoms with Crippen molar-refractivity contribution in [2.24, 2.45) is 0 Å². The maximum atomic E-state index is 12.5. The SMILES string of the molecule is Cc1ccc(NC(=O)CNC(=O)CN(C(=O)COc2ccc(Cl)cc2)C2CC2)cc1. The van der Waals surface area contributed by atoms with Crippen molar-refractivity contribution in [3.8, 4) is 5.75 Å². The number of hydrogen-bond donors (Lipinski definition) is 2. The van der Waals surface area contributed by atoms with E-state index >= 15 is 0 Å². The third kappa shape index (κ3) is 6.77. The summed E-state index contributed by atoms with van der Waals surface area (Å²) < 4.78 is 5.49. The predicted molar refractivity (Wildman–Crippen MR) is 115 cm³/mol. The molecule has 0 bridgehead atoms. The summed E-state index contributed by atoms with van der Waals surface area (Å²) >= 11 is 5.83. The second kappa shape index (κ2) is 10.1. The normalized spacial score (nSPS) is 12.7. The Kier molecular flexibility index (Phi) is 7.30. The first-order valence-electron chi connectivity index (χ1n) is 9.72. The van der Waals surface area contributed by atoms with E-state index in [0.717, 1.165) is 18.4 Å². The maximum absolute atomic E-state index is 12.5. The fourth-order valence-electron chi connectivity index (χ4n) is 2.80. The number of nitrogens with one attached hydrogen (secondary N) is 2. The van der Waals surface area contributed by atoms with Gasteiger partial charge in [0.05, 0.1) is 13.1 Å². The van der Waals surface area contributed by atoms with E-state index in [2.05, 4.69) is 10.6 Å². The highest BCUT2D eigenvalue weighted by molar-refractivity contribution is 6.30. The van der Waals surface area contributed by atoms with E-state index in [0.29, 0.717) is 16.5 Å². The summed E-state index contributed by atoms with van der Waals surface area (Å²) in [6.07, 6.45) is 1.71. The van der Waals surface area contributed by atoms with Crippen molar-refractivity contribution in [2.75, 3.05) is 25.0 Å². The topological polar surface area (TPSA) is 87.7 Å². The van der Waals surface area contributed by atoms with E-state index in [1.807, 2.05) is 19.1 Å². The van der Waals surface area contributed by atoms with Gasteiger partial charge in [-0.15, -0.1) is 0 Å². The van der Waals surface area contributed by atoms with Crippen LogP contribution in [0.4, 0.5) is 5.69 Å². The number of benzene rings is 2. The molecule has 0 heterocycles. The van der Waals surface area contributed by atoms with Gasteiger partial charge >= 0.3 is 0 Å². The molecule has 30 heavy (non-hydrogen) atoms. The highest BCUT2D eigenvalue weighted by atomic mass is 35.5. The van der Waals surface area contributed by atoms with E-state index in [9.17, 15) is 14.4 Å². The molecule has 0 aliphatic heterocycles. The van der Waals surface area contributed by atoms with Crippen LogP contribution in [0.3, 0.4) is 0 Å². The molecule has 0 unspecified atom stereocenters. The van der Waals surface area contributed by atoms with E-state index in [1.165, 1.54) is 4.90 Å². The first kappa shape index (κ1) is 21.6. The molecule has 1 aliphatic carbocycles. The smallest absolute Gasteiger partial charge is 0.261 e. The molecule has 1 fully saturated rings. The van der Waals surface area contributed by atoms with Crippen LogP contribution in [0.5, 0.6) is 5.75 Å². The van der Waals surface area contributed by atoms with Crippen LogP contribution in [-0.2, 0) is 14.4 Å². The molecule has 0 aromatic heterocycles. The van der Waals surface area contributed by atoms with Gasteiger partial charge in [0.1, 0.15) is 5.75 Å². The monoisotopic (exact) mass is 429 g/mol. The first-order valence-corrected chi connectivity index (χ1v) is 10.1. The lowest BCUT2D eigenvalue weighted by atomic mass is 10.2. The zero-order chi connectivity index (χ0) is 21.5. The highest BCUT2D eigenvalue weighted by Gasteiger charge is 2.34. The van der Waals surface area contributed by atoms with Crippen molar-refractivity contribution < 1.29 is 19.1 Å². The predicted octanol–water partition coefficient (Wildman–Crippen LogP) is 2.77. The molecule has 1 saturated carbocycles. The molecular formula is C22H24ClN3O4. The largest absolute Gasteiger partial charge is 0.484 e. The first-order chi connectivity index (χ1) is 14.4. The maximum Gasteiger partial charge on any atom is 0.261 e. The van der Waals surface area contributed by atoms with Gasteiger partial charge in [-0.2, -0.15) is 0 Å². The Morgan fingerprint density at radius 1 is 1.03 bits per heavy atom. The molecule has 3 rings (SSSR count). The number of halogens is 1. The second-order valence-electron chi connectivity index (χ2n) is 7.19. The number of hydrogen-bond acceptors (Lipinski definition) is 4. The third-order valence-corrected chi connectivity index (χ3v) is 4.83. The van der Waals surface area contributed by atoms with Gasteiger partial charge in [-0.3, -0.25) is 14.4 Å². The van der Waals surface area contributed by atoms with Crippen LogP contribution in [0.25, 0.3) is 0 Å². The number of rotatable bonds is 9. The van der Waals surface area contributed by atoms with Crippen molar-refractivity contribution in [3.05, 3.63) is 59.1 Å². The second-order valence-corrected chi connectivity index (χ2v) is 7.62. The molecule has 0 atom stereocenters. The number of aryl methyl sites for hydroxylation is 1. The average molecular weight is 430 g/mol. The standard InChI is InChI=1S/C22H24ClN3O4/c1-15-2-6-17(7-3-15)25-20(27)12-24-21(28)13-26(18-8-9-18)22(29)14-30-19-10-4-16(23)5-11-19/h2-7,10-11,18H,8-9,12-14H2,1H3,(H,24,28)(H,25,27). The van der Waals surface area contributed by atoms with E-state index in [4.69, 9.17) is 16.3 Å². The molecule has 2 aromatic rings. The number of carbonyl (C=O) groups is 3. The number of nitrogens with zero attached hydrogens (tertiary/aromatic N) is 1. The molecule has 2 aromatic carbocycles. The van der Waals surface area contributed by atoms with Gasteiger partial charge in [0.2, 0.25) is 11.8 Å². The Morgan fingerprint density at radius 2 is 1.70 bits per heavy atom. The van der Waals surface area contributed by atoms with Crippen molar-refractivity contribution >= 4 is 35.0 Å². The Hall–Kier alpha value is -3.06. The number of anilines is 1. The molecule has 7 nitrogen and oxygen atoms in total. The fraction of sp³-hybridized carbons (Fsp3) is 0.318. The van der Waals surface area contributed by atoms with Crippen molar-refractivity contribution in [1.82, 2.24) is 10.2 Å². The highest BCUT2D eigenvalue weighted by Crippen LogP contribution is 2.27. The summed E-state index contributed by atoms with van der Waals surface area (Å²) in [6, 6.07) is 14.1. The Bertz CT molecular complexity index is 896. The number of ether oxygens (including phenoxy) is 1. The van der Waals surface area contributed by atoms with Crippen LogP contribution in [0.15, 0.2) is 48.5 Å². The number of carbonyl (C=O) groups excluding carboxylic acids is 3. The zero-order valence-corrected chi connectivity index (χ0v) is 17.4. The Labute approximate surface area is 180 Å². The van der Waals surface area contributed by atoms with Crippen molar-refractivity contribution in [1.29, 1.82) is 0 Å². The number of amides is 3. The molecule has 0 saturated heterocycles. The summed E-state index contributed by atoms with van der Waals surface area (Å²) in [4.78, 5) is 38.3. The lowest BCUT2D eigenvalue weighted by Gasteiger charge is -2.22. The van der Waals surface area contributed by atoms with Gasteiger partial charge in [0, 0.05) is 16.8 Å². The van der Waals surface area contributed by atoms with Gasteiger partial charge in [0.25, 0.3) is 5.91 Å². The van der Waals surface area contributed by atoms with Crippen LogP contribution in [-0.4, -0.2) is 48.4 Å². The Balaban J connectivity index is 1.44. The van der Waals surface area contributed by atoms with E-state index < -0.39 is 0 Å². The minimum absolute atomic E-state index is 0.0402. The van der Waals surface area contributed by atoms with E-state index in [-0.39, 0.29) is 43.5 Å². The summed E-state index contributed by atoms with van der Waals surface area (Å²) in [5, 5.41) is 5.86. The van der Waals surface area contributed by atoms with Gasteiger partial charge < -0.3 is 20.3 Å². The summed E-state index contributed by atoms with van der Waals surface area (Å²) in [5.74, 6) is -0.462. The molecule has 0 spiro atoms. The molecule has 1 aliphatic rings. The fourth-order valence-corrected chi connectivity index (χ4v) is 2.92. The quantitative estimate of drug-likeness (QED) is 0.641. The summed E-state index contributed by atoms with van der Waals surface area (Å²) in [5.41, 5.74) is 1.75. The van der Waals surface area contributed by atoms with Gasteiger partial charge in [-0.05, 0) is 56.2 Å². The summed E-state index contributed by atoms with van der Waals surface area (Å²) in [7, 11) is 0. The van der Waals surface area contributed by atoms with Crippen LogP contribution in [0.2, 0.25) is 5.02 Å². The van der Waals surface area contributed by atoms with E-state index in [1.54, 1.807) is 36.4 Å². The molecule has 3 amide bonds. The molecule has 2 N–H and O–H groups in total. The van der Waals surface area contributed by atoms with Gasteiger partial charge in [-0.25, -0.2) is 0 Å². The minimum Gasteiger partial charge on any atom is -0.484 e. The average Bonchev–Trinajstić information content (AvgIpc) is 3.57. The van der Waals surface area contributed by atoms with Crippen LogP contribution >= 0.6 is 11.6 Å². The summed E-state index contributed by atoms with van der Waals surface area (Å²) in [6.45, 7) is 1.52. The zero-order valence-electron chi connectivity index (χ0n) is 16.7. The van der Waals surface area contributed by atoms with Crippen molar-refractivity contribution in [3.63, 3.8) is 0 Å². The lowest BCUT2D eigenvalue weighted by Crippen LogP contribution is -2.45. The molecule has 0 radical (unpaired) electrons. The van der Waals surface area contributed by atoms with Gasteiger partial charge in [0.15, 0.2) is 6.61 Å². The van der Waals surface area contributed by atoms with Crippen molar-refractivity contribution in [2.45, 2.75) is 25.8 Å². The third-order valence-electron chi connectivity index (χ3n) is 4.58. The van der Waals surface area contributed by atoms with Gasteiger partial charge in [-0.1, -0.05) is 29.3 Å². The lowest BCUT2D eigenvalue weighted by molar-refractivity contribution is -0.138. The molecule has 8 heteroatoms.